The largest absolute Gasteiger partial charge is 0.463 e. The summed E-state index contributed by atoms with van der Waals surface area (Å²) in [5.41, 5.74) is 0.577. The van der Waals surface area contributed by atoms with Crippen molar-refractivity contribution in [3.63, 3.8) is 0 Å². The summed E-state index contributed by atoms with van der Waals surface area (Å²) < 4.78 is 4.83. The van der Waals surface area contributed by atoms with Crippen LogP contribution in [0.15, 0.2) is 12.2 Å². The molecule has 0 saturated carbocycles. The fourth-order valence-corrected chi connectivity index (χ4v) is 1.86. The molecule has 14 heavy (non-hydrogen) atoms. The monoisotopic (exact) mass is 216 g/mol. The van der Waals surface area contributed by atoms with E-state index in [4.69, 9.17) is 4.74 Å². The Kier molecular flexibility index (Phi) is 8.84. The molecule has 0 spiro atoms. The first kappa shape index (κ1) is 13.6. The van der Waals surface area contributed by atoms with Crippen molar-refractivity contribution in [1.82, 2.24) is 0 Å². The van der Waals surface area contributed by atoms with E-state index >= 15 is 0 Å². The molecular formula is C11H20O2S. The lowest BCUT2D eigenvalue weighted by molar-refractivity contribution is -0.138. The lowest BCUT2D eigenvalue weighted by Crippen LogP contribution is -2.08. The Balaban J connectivity index is 3.39. The molecule has 0 rings (SSSR count). The molecular weight excluding hydrogens is 196 g/mol. The first-order chi connectivity index (χ1) is 6.72. The van der Waals surface area contributed by atoms with E-state index in [0.29, 0.717) is 17.9 Å². The molecule has 0 aliphatic heterocycles. The Hall–Kier alpha value is -0.440. The fourth-order valence-electron chi connectivity index (χ4n) is 0.942. The van der Waals surface area contributed by atoms with Crippen molar-refractivity contribution < 1.29 is 9.53 Å². The smallest absolute Gasteiger partial charge is 0.334 e. The van der Waals surface area contributed by atoms with Gasteiger partial charge in [-0.15, -0.1) is 0 Å². The van der Waals surface area contributed by atoms with Crippen molar-refractivity contribution in [2.24, 2.45) is 0 Å². The highest BCUT2D eigenvalue weighted by molar-refractivity contribution is 7.99. The van der Waals surface area contributed by atoms with E-state index in [1.807, 2.05) is 0 Å². The summed E-state index contributed by atoms with van der Waals surface area (Å²) in [6, 6.07) is 0. The summed E-state index contributed by atoms with van der Waals surface area (Å²) in [6.07, 6.45) is 3.72. The first-order valence-corrected chi connectivity index (χ1v) is 6.30. The van der Waals surface area contributed by atoms with Gasteiger partial charge in [0.15, 0.2) is 0 Å². The fraction of sp³-hybridized carbons (Fsp3) is 0.727. The molecule has 0 saturated heterocycles. The third-order valence-corrected chi connectivity index (χ3v) is 2.86. The van der Waals surface area contributed by atoms with E-state index in [1.54, 1.807) is 18.7 Å². The SMILES string of the molecule is C=C(CSCCCCC)C(=O)OCC. The van der Waals surface area contributed by atoms with Crippen LogP contribution >= 0.6 is 11.8 Å². The van der Waals surface area contributed by atoms with Crippen LogP contribution < -0.4 is 0 Å². The Bertz CT molecular complexity index is 178. The molecule has 0 aromatic heterocycles. The topological polar surface area (TPSA) is 26.3 Å². The number of thioether (sulfide) groups is 1. The average molecular weight is 216 g/mol. The maximum absolute atomic E-state index is 11.1. The number of carbonyl (C=O) groups is 1. The van der Waals surface area contributed by atoms with Crippen LogP contribution in [-0.2, 0) is 9.53 Å². The maximum Gasteiger partial charge on any atom is 0.334 e. The van der Waals surface area contributed by atoms with Crippen molar-refractivity contribution >= 4 is 17.7 Å². The third-order valence-electron chi connectivity index (χ3n) is 1.73. The van der Waals surface area contributed by atoms with Crippen LogP contribution in [0.5, 0.6) is 0 Å². The van der Waals surface area contributed by atoms with Crippen LogP contribution in [-0.4, -0.2) is 24.1 Å². The highest BCUT2D eigenvalue weighted by atomic mass is 32.2. The van der Waals surface area contributed by atoms with Gasteiger partial charge < -0.3 is 4.74 Å². The number of rotatable bonds is 8. The van der Waals surface area contributed by atoms with Gasteiger partial charge in [-0.25, -0.2) is 4.79 Å². The quantitative estimate of drug-likeness (QED) is 0.354. The molecule has 0 N–H and O–H groups in total. The van der Waals surface area contributed by atoms with Gasteiger partial charge in [-0.2, -0.15) is 11.8 Å². The Morgan fingerprint density at radius 3 is 2.64 bits per heavy atom. The van der Waals surface area contributed by atoms with Gasteiger partial charge in [0.05, 0.1) is 6.61 Å². The molecule has 2 nitrogen and oxygen atoms in total. The van der Waals surface area contributed by atoms with Crippen LogP contribution in [0.1, 0.15) is 33.1 Å². The molecule has 0 aromatic rings. The number of carbonyl (C=O) groups excluding carboxylic acids is 1. The van der Waals surface area contributed by atoms with E-state index < -0.39 is 0 Å². The molecule has 0 aliphatic rings. The minimum atomic E-state index is -0.254. The number of hydrogen-bond donors (Lipinski definition) is 0. The summed E-state index contributed by atoms with van der Waals surface area (Å²) in [5.74, 6) is 1.55. The van der Waals surface area contributed by atoms with Crippen molar-refractivity contribution in [3.8, 4) is 0 Å². The Labute approximate surface area is 91.1 Å². The van der Waals surface area contributed by atoms with Gasteiger partial charge >= 0.3 is 5.97 Å². The lowest BCUT2D eigenvalue weighted by Gasteiger charge is -2.04. The zero-order chi connectivity index (χ0) is 10.8. The molecule has 0 aromatic carbocycles. The van der Waals surface area contributed by atoms with Crippen LogP contribution in [0.25, 0.3) is 0 Å². The van der Waals surface area contributed by atoms with Crippen LogP contribution in [0, 0.1) is 0 Å². The van der Waals surface area contributed by atoms with Gasteiger partial charge in [0, 0.05) is 11.3 Å². The average Bonchev–Trinajstić information content (AvgIpc) is 2.17. The molecule has 0 radical (unpaired) electrons. The zero-order valence-corrected chi connectivity index (χ0v) is 9.99. The summed E-state index contributed by atoms with van der Waals surface area (Å²) in [6.45, 7) is 8.11. The second-order valence-electron chi connectivity index (χ2n) is 3.08. The second kappa shape index (κ2) is 9.13. The van der Waals surface area contributed by atoms with E-state index in [1.165, 1.54) is 19.3 Å². The van der Waals surface area contributed by atoms with Gasteiger partial charge in [0.25, 0.3) is 0 Å². The number of ether oxygens (including phenoxy) is 1. The molecule has 0 bridgehead atoms. The molecule has 0 fully saturated rings. The predicted octanol–water partition coefficient (Wildman–Crippen LogP) is 3.03. The molecule has 0 heterocycles. The highest BCUT2D eigenvalue weighted by Gasteiger charge is 2.06. The van der Waals surface area contributed by atoms with Gasteiger partial charge in [-0.3, -0.25) is 0 Å². The summed E-state index contributed by atoms with van der Waals surface area (Å²) in [7, 11) is 0. The van der Waals surface area contributed by atoms with Crippen molar-refractivity contribution in [2.45, 2.75) is 33.1 Å². The number of hydrogen-bond acceptors (Lipinski definition) is 3. The van der Waals surface area contributed by atoms with Crippen molar-refractivity contribution in [3.05, 3.63) is 12.2 Å². The maximum atomic E-state index is 11.1. The molecule has 0 aliphatic carbocycles. The van der Waals surface area contributed by atoms with Crippen LogP contribution in [0.3, 0.4) is 0 Å². The van der Waals surface area contributed by atoms with Crippen LogP contribution in [0.2, 0.25) is 0 Å². The lowest BCUT2D eigenvalue weighted by atomic mass is 10.3. The van der Waals surface area contributed by atoms with E-state index in [9.17, 15) is 4.79 Å². The molecule has 82 valence electrons. The summed E-state index contributed by atoms with van der Waals surface area (Å²) >= 11 is 1.76. The highest BCUT2D eigenvalue weighted by Crippen LogP contribution is 2.10. The van der Waals surface area contributed by atoms with Gasteiger partial charge in [0.2, 0.25) is 0 Å². The van der Waals surface area contributed by atoms with Crippen LogP contribution in [0.4, 0.5) is 0 Å². The summed E-state index contributed by atoms with van der Waals surface area (Å²) in [5, 5.41) is 0. The molecule has 0 amide bonds. The third kappa shape index (κ3) is 7.01. The minimum absolute atomic E-state index is 0.254. The zero-order valence-electron chi connectivity index (χ0n) is 9.17. The van der Waals surface area contributed by atoms with Gasteiger partial charge in [-0.1, -0.05) is 26.3 Å². The number of esters is 1. The van der Waals surface area contributed by atoms with E-state index in [2.05, 4.69) is 13.5 Å². The second-order valence-corrected chi connectivity index (χ2v) is 4.19. The Morgan fingerprint density at radius 2 is 2.07 bits per heavy atom. The normalized spacial score (nSPS) is 9.86. The first-order valence-electron chi connectivity index (χ1n) is 5.15. The van der Waals surface area contributed by atoms with Crippen molar-refractivity contribution in [2.75, 3.05) is 18.1 Å². The molecule has 0 unspecified atom stereocenters. The summed E-state index contributed by atoms with van der Waals surface area (Å²) in [4.78, 5) is 11.1. The minimum Gasteiger partial charge on any atom is -0.463 e. The van der Waals surface area contributed by atoms with E-state index in [-0.39, 0.29) is 5.97 Å². The van der Waals surface area contributed by atoms with Crippen molar-refractivity contribution in [1.29, 1.82) is 0 Å². The standard InChI is InChI=1S/C11H20O2S/c1-4-6-7-8-14-9-10(3)11(12)13-5-2/h3-9H2,1-2H3. The predicted molar refractivity (Wildman–Crippen MR) is 62.6 cm³/mol. The molecule has 3 heteroatoms. The van der Waals surface area contributed by atoms with Gasteiger partial charge in [0.1, 0.15) is 0 Å². The Morgan fingerprint density at radius 1 is 1.36 bits per heavy atom. The van der Waals surface area contributed by atoms with Gasteiger partial charge in [-0.05, 0) is 19.1 Å². The van der Waals surface area contributed by atoms with E-state index in [0.717, 1.165) is 5.75 Å². The number of unbranched alkanes of at least 4 members (excludes halogenated alkanes) is 2. The molecule has 0 atom stereocenters.